The lowest BCUT2D eigenvalue weighted by atomic mass is 10.0. The van der Waals surface area contributed by atoms with E-state index in [4.69, 9.17) is 28.7 Å². The highest BCUT2D eigenvalue weighted by Gasteiger charge is 2.27. The van der Waals surface area contributed by atoms with Gasteiger partial charge in [-0.15, -0.1) is 0 Å². The van der Waals surface area contributed by atoms with Crippen molar-refractivity contribution in [2.75, 3.05) is 33.0 Å². The monoisotopic (exact) mass is 871 g/mol. The first-order valence-corrected chi connectivity index (χ1v) is 25.1. The van der Waals surface area contributed by atoms with E-state index in [9.17, 15) is 24.2 Å². The van der Waals surface area contributed by atoms with Gasteiger partial charge < -0.3 is 29.7 Å². The van der Waals surface area contributed by atoms with Gasteiger partial charge in [-0.05, 0) is 63.7 Å². The Labute approximate surface area is 365 Å². The quantitative estimate of drug-likeness (QED) is 0.0199. The number of allylic oxidation sites excluding steroid dienone is 8. The van der Waals surface area contributed by atoms with Crippen LogP contribution in [0.3, 0.4) is 0 Å². The van der Waals surface area contributed by atoms with Crippen LogP contribution in [-0.2, 0) is 32.7 Å². The van der Waals surface area contributed by atoms with Crippen molar-refractivity contribution in [3.8, 4) is 0 Å². The minimum absolute atomic E-state index is 0.156. The fraction of sp³-hybridized carbons (Fsp3) is 0.792. The van der Waals surface area contributed by atoms with Crippen molar-refractivity contribution in [1.29, 1.82) is 0 Å². The molecule has 0 spiro atoms. The summed E-state index contributed by atoms with van der Waals surface area (Å²) in [6.45, 7) is 2.68. The number of rotatable bonds is 44. The van der Waals surface area contributed by atoms with E-state index in [2.05, 4.69) is 50.3 Å². The zero-order valence-corrected chi connectivity index (χ0v) is 38.7. The molecule has 0 radical (unpaired) electrons. The molecule has 0 aliphatic rings. The second-order valence-electron chi connectivity index (χ2n) is 16.3. The van der Waals surface area contributed by atoms with Crippen LogP contribution in [0.2, 0.25) is 0 Å². The molecule has 0 amide bonds. The van der Waals surface area contributed by atoms with E-state index in [1.54, 1.807) is 0 Å². The summed E-state index contributed by atoms with van der Waals surface area (Å²) in [4.78, 5) is 35.1. The van der Waals surface area contributed by atoms with Crippen LogP contribution >= 0.6 is 7.82 Å². The Morgan fingerprint density at radius 1 is 0.533 bits per heavy atom. The van der Waals surface area contributed by atoms with Gasteiger partial charge in [0.2, 0.25) is 0 Å². The third kappa shape index (κ3) is 44.0. The Morgan fingerprint density at radius 2 is 0.967 bits per heavy atom. The molecule has 0 aromatic rings. The predicted octanol–water partition coefficient (Wildman–Crippen LogP) is 11.7. The van der Waals surface area contributed by atoms with E-state index >= 15 is 0 Å². The van der Waals surface area contributed by atoms with E-state index < -0.39 is 51.8 Å². The fourth-order valence-electron chi connectivity index (χ4n) is 6.33. The number of phosphoric ester groups is 1. The third-order valence-electron chi connectivity index (χ3n) is 9.97. The second-order valence-corrected chi connectivity index (χ2v) is 17.8. The molecule has 0 heterocycles. The number of hydrogen-bond donors (Lipinski definition) is 4. The molecule has 11 nitrogen and oxygen atoms in total. The number of phosphoric acid groups is 1. The molecule has 0 saturated carbocycles. The standard InChI is InChI=1S/C48H87O11P/c1-44(2)36-32-28-24-20-16-12-8-5-6-10-14-18-22-26-30-34-38-48(53)59-46(43-58-60(54,55)57-41-45(51)40-50)42-56-47(52)37-33-29-25-21-17-13-9-4-3-7-11-15-19-23-27-31-35-39-49/h3,7,9,13,15,19,21,25,44-46,49-51H,4-6,8,10-12,14,16-18,20,22-24,26-43H2,1-2H3,(H,54,55)/b7-3-,13-9-,19-15-,25-21-/t45-,46+/m0/s1. The highest BCUT2D eigenvalue weighted by molar-refractivity contribution is 7.47. The minimum atomic E-state index is -4.64. The number of ether oxygens (including phenoxy) is 2. The first-order chi connectivity index (χ1) is 29.1. The van der Waals surface area contributed by atoms with Gasteiger partial charge in [0, 0.05) is 19.4 Å². The Kier molecular flexibility index (Phi) is 42.0. The summed E-state index contributed by atoms with van der Waals surface area (Å²) in [6.07, 6.45) is 43.8. The summed E-state index contributed by atoms with van der Waals surface area (Å²) >= 11 is 0. The smallest absolute Gasteiger partial charge is 0.462 e. The molecule has 3 atom stereocenters. The van der Waals surface area contributed by atoms with Crippen LogP contribution in [0.1, 0.15) is 194 Å². The number of unbranched alkanes of at least 4 members (excludes halogenated alkanes) is 19. The van der Waals surface area contributed by atoms with Gasteiger partial charge in [0.25, 0.3) is 0 Å². The zero-order valence-electron chi connectivity index (χ0n) is 37.8. The van der Waals surface area contributed by atoms with E-state index in [1.165, 1.54) is 83.5 Å². The number of hydrogen-bond acceptors (Lipinski definition) is 10. The van der Waals surface area contributed by atoms with Gasteiger partial charge in [0.1, 0.15) is 12.7 Å². The Hall–Kier alpha value is -2.11. The van der Waals surface area contributed by atoms with Gasteiger partial charge in [-0.25, -0.2) is 4.57 Å². The number of carbonyl (C=O) groups is 2. The lowest BCUT2D eigenvalue weighted by molar-refractivity contribution is -0.161. The first-order valence-electron chi connectivity index (χ1n) is 23.6. The van der Waals surface area contributed by atoms with Crippen LogP contribution in [0, 0.1) is 5.92 Å². The highest BCUT2D eigenvalue weighted by atomic mass is 31.2. The maximum atomic E-state index is 12.6. The Balaban J connectivity index is 4.30. The molecular formula is C48H87O11P. The molecule has 350 valence electrons. The second kappa shape index (κ2) is 43.5. The van der Waals surface area contributed by atoms with Gasteiger partial charge in [-0.3, -0.25) is 18.6 Å². The van der Waals surface area contributed by atoms with E-state index in [-0.39, 0.29) is 26.1 Å². The Bertz CT molecular complexity index is 1150. The predicted molar refractivity (Wildman–Crippen MR) is 243 cm³/mol. The number of aliphatic hydroxyl groups is 3. The summed E-state index contributed by atoms with van der Waals surface area (Å²) in [5.74, 6) is -0.172. The molecule has 0 fully saturated rings. The number of aliphatic hydroxyl groups excluding tert-OH is 3. The molecule has 0 aliphatic carbocycles. The molecular weight excluding hydrogens is 783 g/mol. The highest BCUT2D eigenvalue weighted by Crippen LogP contribution is 2.43. The zero-order chi connectivity index (χ0) is 44.2. The van der Waals surface area contributed by atoms with E-state index in [1.807, 2.05) is 12.2 Å². The van der Waals surface area contributed by atoms with Crippen molar-refractivity contribution in [2.45, 2.75) is 206 Å². The van der Waals surface area contributed by atoms with Crippen molar-refractivity contribution < 1.29 is 52.9 Å². The molecule has 0 aromatic heterocycles. The van der Waals surface area contributed by atoms with Crippen LogP contribution in [-0.4, -0.2) is 77.4 Å². The van der Waals surface area contributed by atoms with Gasteiger partial charge in [0.05, 0.1) is 19.8 Å². The molecule has 0 rings (SSSR count). The molecule has 0 aromatic carbocycles. The average Bonchev–Trinajstić information content (AvgIpc) is 3.22. The maximum absolute atomic E-state index is 12.6. The summed E-state index contributed by atoms with van der Waals surface area (Å²) in [6, 6.07) is 0. The van der Waals surface area contributed by atoms with E-state index in [0.29, 0.717) is 19.3 Å². The lowest BCUT2D eigenvalue weighted by Crippen LogP contribution is -2.29. The summed E-state index contributed by atoms with van der Waals surface area (Å²) in [5.41, 5.74) is 0. The molecule has 0 saturated heterocycles. The van der Waals surface area contributed by atoms with Crippen molar-refractivity contribution in [1.82, 2.24) is 0 Å². The normalized spacial score (nSPS) is 14.2. The fourth-order valence-corrected chi connectivity index (χ4v) is 7.12. The topological polar surface area (TPSA) is 169 Å². The number of esters is 2. The van der Waals surface area contributed by atoms with Crippen molar-refractivity contribution in [2.24, 2.45) is 5.92 Å². The van der Waals surface area contributed by atoms with Crippen LogP contribution in [0.5, 0.6) is 0 Å². The van der Waals surface area contributed by atoms with Crippen molar-refractivity contribution in [3.63, 3.8) is 0 Å². The molecule has 4 N–H and O–H groups in total. The maximum Gasteiger partial charge on any atom is 0.472 e. The molecule has 60 heavy (non-hydrogen) atoms. The van der Waals surface area contributed by atoms with Gasteiger partial charge in [-0.1, -0.05) is 172 Å². The Morgan fingerprint density at radius 3 is 1.47 bits per heavy atom. The largest absolute Gasteiger partial charge is 0.472 e. The van der Waals surface area contributed by atoms with Crippen LogP contribution in [0.25, 0.3) is 0 Å². The lowest BCUT2D eigenvalue weighted by Gasteiger charge is -2.20. The third-order valence-corrected chi connectivity index (χ3v) is 10.9. The first kappa shape index (κ1) is 57.9. The summed E-state index contributed by atoms with van der Waals surface area (Å²) in [7, 11) is -4.64. The molecule has 12 heteroatoms. The van der Waals surface area contributed by atoms with Crippen LogP contribution < -0.4 is 0 Å². The van der Waals surface area contributed by atoms with Crippen LogP contribution in [0.4, 0.5) is 0 Å². The van der Waals surface area contributed by atoms with Gasteiger partial charge in [-0.2, -0.15) is 0 Å². The summed E-state index contributed by atoms with van der Waals surface area (Å²) < 4.78 is 32.7. The minimum Gasteiger partial charge on any atom is -0.462 e. The average molecular weight is 871 g/mol. The van der Waals surface area contributed by atoms with Gasteiger partial charge >= 0.3 is 19.8 Å². The SMILES string of the molecule is CC(C)CCCCCCCCCCCCCCCCCCC(=O)O[C@H](COC(=O)CCC/C=C\C/C=C\C/C=C\C/C=C\CCCCCO)COP(=O)(O)OC[C@@H](O)CO. The molecule has 0 bridgehead atoms. The van der Waals surface area contributed by atoms with Crippen molar-refractivity contribution >= 4 is 19.8 Å². The van der Waals surface area contributed by atoms with Crippen LogP contribution in [0.15, 0.2) is 48.6 Å². The van der Waals surface area contributed by atoms with Gasteiger partial charge in [0.15, 0.2) is 6.10 Å². The molecule has 0 aliphatic heterocycles. The molecule has 1 unspecified atom stereocenters. The number of carbonyl (C=O) groups excluding carboxylic acids is 2. The van der Waals surface area contributed by atoms with Crippen molar-refractivity contribution in [3.05, 3.63) is 48.6 Å². The summed E-state index contributed by atoms with van der Waals surface area (Å²) in [5, 5.41) is 27.2. The van der Waals surface area contributed by atoms with E-state index in [0.717, 1.165) is 70.1 Å².